The number of anilines is 2. The van der Waals surface area contributed by atoms with E-state index in [4.69, 9.17) is 11.6 Å². The van der Waals surface area contributed by atoms with Gasteiger partial charge < -0.3 is 15.1 Å². The molecule has 2 heterocycles. The van der Waals surface area contributed by atoms with Crippen LogP contribution in [0, 0.1) is 0 Å². The van der Waals surface area contributed by atoms with E-state index in [0.717, 1.165) is 31.9 Å². The van der Waals surface area contributed by atoms with Gasteiger partial charge in [0, 0.05) is 43.1 Å². The second-order valence-electron chi connectivity index (χ2n) is 5.49. The van der Waals surface area contributed by atoms with E-state index in [1.807, 2.05) is 17.0 Å². The molecule has 2 aromatic rings. The zero-order valence-electron chi connectivity index (χ0n) is 12.9. The van der Waals surface area contributed by atoms with Crippen molar-refractivity contribution in [2.75, 3.05) is 38.5 Å². The van der Waals surface area contributed by atoms with Crippen molar-refractivity contribution >= 4 is 29.1 Å². The largest absolute Gasteiger partial charge is 0.335 e. The molecule has 0 spiro atoms. The highest BCUT2D eigenvalue weighted by atomic mass is 35.5. The first-order valence-electron chi connectivity index (χ1n) is 7.45. The third-order valence-corrected chi connectivity index (χ3v) is 4.02. The number of hydrogen-bond acceptors (Lipinski definition) is 5. The van der Waals surface area contributed by atoms with Gasteiger partial charge in [-0.3, -0.25) is 4.79 Å². The molecule has 1 N–H and O–H groups in total. The Balaban J connectivity index is 1.71. The molecule has 1 saturated heterocycles. The van der Waals surface area contributed by atoms with Crippen LogP contribution < -0.4 is 5.32 Å². The smallest absolute Gasteiger partial charge is 0.272 e. The summed E-state index contributed by atoms with van der Waals surface area (Å²) < 4.78 is 0. The minimum absolute atomic E-state index is 0.0559. The van der Waals surface area contributed by atoms with Gasteiger partial charge in [-0.05, 0) is 37.4 Å². The number of benzene rings is 1. The van der Waals surface area contributed by atoms with Crippen molar-refractivity contribution in [1.82, 2.24) is 19.8 Å². The summed E-state index contributed by atoms with van der Waals surface area (Å²) in [6, 6.07) is 8.88. The Morgan fingerprint density at radius 2 is 1.83 bits per heavy atom. The summed E-state index contributed by atoms with van der Waals surface area (Å²) in [5.74, 6) is 0.340. The molecule has 0 bridgehead atoms. The zero-order valence-corrected chi connectivity index (χ0v) is 13.6. The molecule has 3 rings (SSSR count). The van der Waals surface area contributed by atoms with Crippen molar-refractivity contribution in [3.63, 3.8) is 0 Å². The maximum Gasteiger partial charge on any atom is 0.272 e. The van der Waals surface area contributed by atoms with Crippen molar-refractivity contribution in [3.8, 4) is 0 Å². The van der Waals surface area contributed by atoms with E-state index in [2.05, 4.69) is 27.2 Å². The van der Waals surface area contributed by atoms with Gasteiger partial charge in [-0.15, -0.1) is 0 Å². The zero-order chi connectivity index (χ0) is 16.2. The lowest BCUT2D eigenvalue weighted by Gasteiger charge is -2.32. The summed E-state index contributed by atoms with van der Waals surface area (Å²) in [7, 11) is 2.06. The maximum atomic E-state index is 12.5. The van der Waals surface area contributed by atoms with Gasteiger partial charge in [0.05, 0.1) is 0 Å². The summed E-state index contributed by atoms with van der Waals surface area (Å²) in [5.41, 5.74) is 1.22. The van der Waals surface area contributed by atoms with Crippen LogP contribution in [0.2, 0.25) is 5.02 Å². The molecule has 0 aliphatic carbocycles. The lowest BCUT2D eigenvalue weighted by molar-refractivity contribution is 0.0658. The molecule has 1 amide bonds. The molecule has 1 aliphatic rings. The Labute approximate surface area is 140 Å². The molecule has 1 aliphatic heterocycles. The van der Waals surface area contributed by atoms with Gasteiger partial charge >= 0.3 is 0 Å². The summed E-state index contributed by atoms with van der Waals surface area (Å²) in [6.07, 6.45) is 1.59. The first-order valence-corrected chi connectivity index (χ1v) is 7.83. The number of rotatable bonds is 3. The second kappa shape index (κ2) is 6.93. The average molecular weight is 332 g/mol. The summed E-state index contributed by atoms with van der Waals surface area (Å²) in [4.78, 5) is 25.0. The fraction of sp³-hybridized carbons (Fsp3) is 0.312. The number of amides is 1. The molecule has 120 valence electrons. The van der Waals surface area contributed by atoms with Crippen LogP contribution in [0.15, 0.2) is 36.5 Å². The van der Waals surface area contributed by atoms with E-state index in [0.29, 0.717) is 16.7 Å². The summed E-state index contributed by atoms with van der Waals surface area (Å²) >= 11 is 5.87. The van der Waals surface area contributed by atoms with Gasteiger partial charge in [0.15, 0.2) is 0 Å². The highest BCUT2D eigenvalue weighted by Gasteiger charge is 2.21. The van der Waals surface area contributed by atoms with Crippen LogP contribution in [-0.2, 0) is 0 Å². The first kappa shape index (κ1) is 15.7. The van der Waals surface area contributed by atoms with Crippen molar-refractivity contribution in [2.24, 2.45) is 0 Å². The van der Waals surface area contributed by atoms with Gasteiger partial charge in [0.25, 0.3) is 5.91 Å². The van der Waals surface area contributed by atoms with Crippen molar-refractivity contribution < 1.29 is 4.79 Å². The standard InChI is InChI=1S/C16H18ClN5O/c1-21-8-10-22(11-9-21)15(23)14-6-7-18-16(20-14)19-13-4-2-12(17)3-5-13/h2-7H,8-11H2,1H3,(H,18,19,20). The van der Waals surface area contributed by atoms with E-state index < -0.39 is 0 Å². The molecule has 23 heavy (non-hydrogen) atoms. The number of nitrogens with zero attached hydrogens (tertiary/aromatic N) is 4. The highest BCUT2D eigenvalue weighted by molar-refractivity contribution is 6.30. The topological polar surface area (TPSA) is 61.4 Å². The lowest BCUT2D eigenvalue weighted by atomic mass is 10.3. The van der Waals surface area contributed by atoms with E-state index in [1.165, 1.54) is 0 Å². The summed E-state index contributed by atoms with van der Waals surface area (Å²) in [5, 5.41) is 3.74. The SMILES string of the molecule is CN1CCN(C(=O)c2ccnc(Nc3ccc(Cl)cc3)n2)CC1. The Morgan fingerprint density at radius 1 is 1.13 bits per heavy atom. The van der Waals surface area contributed by atoms with Gasteiger partial charge in [0.1, 0.15) is 5.69 Å². The number of carbonyl (C=O) groups excluding carboxylic acids is 1. The van der Waals surface area contributed by atoms with Crippen LogP contribution in [-0.4, -0.2) is 58.9 Å². The molecule has 6 nitrogen and oxygen atoms in total. The van der Waals surface area contributed by atoms with Crippen molar-refractivity contribution in [3.05, 3.63) is 47.2 Å². The van der Waals surface area contributed by atoms with Crippen molar-refractivity contribution in [2.45, 2.75) is 0 Å². The minimum Gasteiger partial charge on any atom is -0.335 e. The van der Waals surface area contributed by atoms with Crippen LogP contribution in [0.25, 0.3) is 0 Å². The Morgan fingerprint density at radius 3 is 2.52 bits per heavy atom. The molecule has 1 aromatic heterocycles. The molecule has 7 heteroatoms. The predicted molar refractivity (Wildman–Crippen MR) is 90.2 cm³/mol. The van der Waals surface area contributed by atoms with Gasteiger partial charge in [-0.25, -0.2) is 9.97 Å². The number of nitrogens with one attached hydrogen (secondary N) is 1. The van der Waals surface area contributed by atoms with E-state index in [1.54, 1.807) is 24.4 Å². The van der Waals surface area contributed by atoms with E-state index in [-0.39, 0.29) is 5.91 Å². The molecular formula is C16H18ClN5O. The molecule has 0 saturated carbocycles. The Bertz CT molecular complexity index is 683. The number of hydrogen-bond donors (Lipinski definition) is 1. The average Bonchev–Trinajstić information content (AvgIpc) is 2.57. The van der Waals surface area contributed by atoms with Crippen LogP contribution in [0.3, 0.4) is 0 Å². The van der Waals surface area contributed by atoms with Crippen LogP contribution in [0.4, 0.5) is 11.6 Å². The third kappa shape index (κ3) is 3.97. The fourth-order valence-electron chi connectivity index (χ4n) is 2.37. The molecule has 0 radical (unpaired) electrons. The number of aromatic nitrogens is 2. The lowest BCUT2D eigenvalue weighted by Crippen LogP contribution is -2.47. The first-order chi connectivity index (χ1) is 11.1. The highest BCUT2D eigenvalue weighted by Crippen LogP contribution is 2.17. The quantitative estimate of drug-likeness (QED) is 0.934. The van der Waals surface area contributed by atoms with Crippen LogP contribution in [0.1, 0.15) is 10.5 Å². The predicted octanol–water partition coefficient (Wildman–Crippen LogP) is 2.26. The number of halogens is 1. The number of piperazine rings is 1. The van der Waals surface area contributed by atoms with Gasteiger partial charge in [-0.2, -0.15) is 0 Å². The van der Waals surface area contributed by atoms with Gasteiger partial charge in [0.2, 0.25) is 5.95 Å². The normalized spacial score (nSPS) is 15.5. The molecule has 1 fully saturated rings. The van der Waals surface area contributed by atoms with Crippen molar-refractivity contribution in [1.29, 1.82) is 0 Å². The van der Waals surface area contributed by atoms with Gasteiger partial charge in [-0.1, -0.05) is 11.6 Å². The second-order valence-corrected chi connectivity index (χ2v) is 5.93. The molecule has 0 atom stereocenters. The fourth-order valence-corrected chi connectivity index (χ4v) is 2.50. The minimum atomic E-state index is -0.0559. The third-order valence-electron chi connectivity index (χ3n) is 3.77. The van der Waals surface area contributed by atoms with Crippen LogP contribution in [0.5, 0.6) is 0 Å². The molecule has 0 unspecified atom stereocenters. The Hall–Kier alpha value is -2.18. The van der Waals surface area contributed by atoms with E-state index >= 15 is 0 Å². The Kier molecular flexibility index (Phi) is 4.73. The monoisotopic (exact) mass is 331 g/mol. The molecule has 1 aromatic carbocycles. The molecular weight excluding hydrogens is 314 g/mol. The van der Waals surface area contributed by atoms with Crippen LogP contribution >= 0.6 is 11.6 Å². The summed E-state index contributed by atoms with van der Waals surface area (Å²) in [6.45, 7) is 3.21. The van der Waals surface area contributed by atoms with E-state index in [9.17, 15) is 4.79 Å². The number of likely N-dealkylation sites (N-methyl/N-ethyl adjacent to an activating group) is 1. The maximum absolute atomic E-state index is 12.5. The number of carbonyl (C=O) groups is 1.